The Morgan fingerprint density at radius 1 is 1.04 bits per heavy atom. The minimum absolute atomic E-state index is 0.0613. The topological polar surface area (TPSA) is 84.5 Å². The molecule has 1 aromatic carbocycles. The predicted molar refractivity (Wildman–Crippen MR) is 99.9 cm³/mol. The third kappa shape index (κ3) is 5.10. The highest BCUT2D eigenvalue weighted by molar-refractivity contribution is 9.10. The van der Waals surface area contributed by atoms with Gasteiger partial charge in [-0.25, -0.2) is 0 Å². The average Bonchev–Trinajstić information content (AvgIpc) is 3.28. The molecule has 2 heterocycles. The van der Waals surface area contributed by atoms with Gasteiger partial charge in [-0.05, 0) is 57.9 Å². The maximum Gasteiger partial charge on any atom is 0.291 e. The fourth-order valence-corrected chi connectivity index (χ4v) is 2.67. The predicted octanol–water partition coefficient (Wildman–Crippen LogP) is 3.79. The van der Waals surface area contributed by atoms with Gasteiger partial charge < -0.3 is 19.5 Å². The molecule has 26 heavy (non-hydrogen) atoms. The molecule has 6 nitrogen and oxygen atoms in total. The van der Waals surface area contributed by atoms with Crippen molar-refractivity contribution in [3.8, 4) is 0 Å². The largest absolute Gasteiger partial charge is 0.469 e. The molecule has 2 aromatic heterocycles. The molecule has 0 saturated carbocycles. The number of benzene rings is 1. The second kappa shape index (κ2) is 8.53. The second-order valence-corrected chi connectivity index (χ2v) is 6.39. The van der Waals surface area contributed by atoms with Crippen molar-refractivity contribution in [3.05, 3.63) is 76.5 Å². The third-order valence-corrected chi connectivity index (χ3v) is 4.07. The fraction of sp³-hybridized carbons (Fsp3) is 0.158. The highest BCUT2D eigenvalue weighted by atomic mass is 79.9. The molecule has 0 aliphatic carbocycles. The van der Waals surface area contributed by atoms with Crippen molar-refractivity contribution in [3.63, 3.8) is 0 Å². The molecule has 0 aliphatic rings. The Morgan fingerprint density at radius 3 is 2.50 bits per heavy atom. The molecular formula is C19H17BrN2O4. The first kappa shape index (κ1) is 18.0. The lowest BCUT2D eigenvalue weighted by Gasteiger charge is -2.06. The molecule has 0 aliphatic heterocycles. The van der Waals surface area contributed by atoms with Crippen molar-refractivity contribution < 1.29 is 18.4 Å². The summed E-state index contributed by atoms with van der Waals surface area (Å²) in [6, 6.07) is 14.1. The Balaban J connectivity index is 1.46. The molecule has 134 valence electrons. The Bertz CT molecular complexity index is 869. The second-order valence-electron chi connectivity index (χ2n) is 5.61. The minimum Gasteiger partial charge on any atom is -0.469 e. The smallest absolute Gasteiger partial charge is 0.291 e. The van der Waals surface area contributed by atoms with Crippen LogP contribution in [0.2, 0.25) is 0 Å². The number of nitrogens with one attached hydrogen (secondary N) is 2. The summed E-state index contributed by atoms with van der Waals surface area (Å²) in [6.45, 7) is 0.527. The zero-order chi connectivity index (χ0) is 18.4. The molecule has 0 spiro atoms. The maximum atomic E-state index is 12.0. The monoisotopic (exact) mass is 416 g/mol. The third-order valence-electron chi connectivity index (χ3n) is 3.65. The molecule has 0 saturated heterocycles. The number of hydrogen-bond donors (Lipinski definition) is 2. The number of furan rings is 2. The van der Waals surface area contributed by atoms with Crippen LogP contribution in [-0.2, 0) is 17.6 Å². The van der Waals surface area contributed by atoms with Gasteiger partial charge in [-0.2, -0.15) is 0 Å². The number of carbonyl (C=O) groups excluding carboxylic acids is 2. The van der Waals surface area contributed by atoms with E-state index >= 15 is 0 Å². The SMILES string of the molecule is O=C(Cc1ccc(NC(=O)c2ccc(Br)o2)cc1)NCCc1ccco1. The van der Waals surface area contributed by atoms with E-state index in [9.17, 15) is 9.59 Å². The molecule has 3 aromatic rings. The summed E-state index contributed by atoms with van der Waals surface area (Å²) in [7, 11) is 0. The normalized spacial score (nSPS) is 10.5. The molecule has 2 N–H and O–H groups in total. The van der Waals surface area contributed by atoms with Crippen LogP contribution >= 0.6 is 15.9 Å². The van der Waals surface area contributed by atoms with E-state index in [0.29, 0.717) is 23.3 Å². The van der Waals surface area contributed by atoms with Crippen molar-refractivity contribution in [2.75, 3.05) is 11.9 Å². The molecule has 0 bridgehead atoms. The Morgan fingerprint density at radius 2 is 1.85 bits per heavy atom. The van der Waals surface area contributed by atoms with Gasteiger partial charge in [0.15, 0.2) is 10.4 Å². The summed E-state index contributed by atoms with van der Waals surface area (Å²) >= 11 is 3.16. The van der Waals surface area contributed by atoms with Crippen LogP contribution in [0.25, 0.3) is 0 Å². The van der Waals surface area contributed by atoms with E-state index in [0.717, 1.165) is 11.3 Å². The van der Waals surface area contributed by atoms with Gasteiger partial charge in [-0.15, -0.1) is 0 Å². The summed E-state index contributed by atoms with van der Waals surface area (Å²) < 4.78 is 10.9. The number of carbonyl (C=O) groups is 2. The van der Waals surface area contributed by atoms with E-state index < -0.39 is 0 Å². The van der Waals surface area contributed by atoms with Gasteiger partial charge in [0.2, 0.25) is 5.91 Å². The van der Waals surface area contributed by atoms with Crippen LogP contribution in [0.4, 0.5) is 5.69 Å². The summed E-state index contributed by atoms with van der Waals surface area (Å²) in [4.78, 5) is 24.0. The van der Waals surface area contributed by atoms with E-state index in [-0.39, 0.29) is 24.0 Å². The van der Waals surface area contributed by atoms with E-state index in [1.807, 2.05) is 12.1 Å². The van der Waals surface area contributed by atoms with Crippen LogP contribution in [0, 0.1) is 0 Å². The van der Waals surface area contributed by atoms with Gasteiger partial charge in [0.1, 0.15) is 5.76 Å². The molecule has 2 amide bonds. The number of halogens is 1. The quantitative estimate of drug-likeness (QED) is 0.613. The van der Waals surface area contributed by atoms with Crippen LogP contribution in [0.1, 0.15) is 21.9 Å². The first-order valence-corrected chi connectivity index (χ1v) is 8.84. The lowest BCUT2D eigenvalue weighted by molar-refractivity contribution is -0.120. The number of hydrogen-bond acceptors (Lipinski definition) is 4. The van der Waals surface area contributed by atoms with Gasteiger partial charge >= 0.3 is 0 Å². The molecule has 7 heteroatoms. The van der Waals surface area contributed by atoms with E-state index in [4.69, 9.17) is 8.83 Å². The Kier molecular flexibility index (Phi) is 5.91. The van der Waals surface area contributed by atoms with Crippen molar-refractivity contribution in [2.24, 2.45) is 0 Å². The van der Waals surface area contributed by atoms with E-state index in [1.165, 1.54) is 0 Å². The van der Waals surface area contributed by atoms with Gasteiger partial charge in [0.05, 0.1) is 12.7 Å². The maximum absolute atomic E-state index is 12.0. The molecule has 0 fully saturated rings. The minimum atomic E-state index is -0.334. The first-order valence-electron chi connectivity index (χ1n) is 8.05. The van der Waals surface area contributed by atoms with Crippen LogP contribution in [0.5, 0.6) is 0 Å². The molecule has 0 radical (unpaired) electrons. The molecule has 3 rings (SSSR count). The van der Waals surface area contributed by atoms with Gasteiger partial charge in [0, 0.05) is 18.7 Å². The van der Waals surface area contributed by atoms with Gasteiger partial charge in [0.25, 0.3) is 5.91 Å². The summed E-state index contributed by atoms with van der Waals surface area (Å²) in [5, 5.41) is 5.59. The average molecular weight is 417 g/mol. The first-order chi connectivity index (χ1) is 12.6. The van der Waals surface area contributed by atoms with Crippen LogP contribution in [0.3, 0.4) is 0 Å². The zero-order valence-corrected chi connectivity index (χ0v) is 15.4. The van der Waals surface area contributed by atoms with Crippen molar-refractivity contribution in [1.82, 2.24) is 5.32 Å². The van der Waals surface area contributed by atoms with Gasteiger partial charge in [-0.3, -0.25) is 9.59 Å². The zero-order valence-electron chi connectivity index (χ0n) is 13.8. The van der Waals surface area contributed by atoms with E-state index in [2.05, 4.69) is 26.6 Å². The highest BCUT2D eigenvalue weighted by Crippen LogP contribution is 2.16. The number of rotatable bonds is 7. The van der Waals surface area contributed by atoms with Gasteiger partial charge in [-0.1, -0.05) is 12.1 Å². The Labute approximate surface area is 158 Å². The van der Waals surface area contributed by atoms with Crippen LogP contribution < -0.4 is 10.6 Å². The Hall–Kier alpha value is -2.80. The molecule has 0 unspecified atom stereocenters. The van der Waals surface area contributed by atoms with Crippen molar-refractivity contribution in [1.29, 1.82) is 0 Å². The standard InChI is InChI=1S/C19H17BrN2O4/c20-17-8-7-16(26-17)19(24)22-14-5-3-13(4-6-14)12-18(23)21-10-9-15-2-1-11-25-15/h1-8,11H,9-10,12H2,(H,21,23)(H,22,24). The number of anilines is 1. The fourth-order valence-electron chi connectivity index (χ4n) is 2.36. The van der Waals surface area contributed by atoms with E-state index in [1.54, 1.807) is 42.7 Å². The lowest BCUT2D eigenvalue weighted by Crippen LogP contribution is -2.27. The summed E-state index contributed by atoms with van der Waals surface area (Å²) in [5.74, 6) is 0.666. The summed E-state index contributed by atoms with van der Waals surface area (Å²) in [5.41, 5.74) is 1.49. The number of amides is 2. The molecule has 0 atom stereocenters. The van der Waals surface area contributed by atoms with Crippen LogP contribution in [-0.4, -0.2) is 18.4 Å². The lowest BCUT2D eigenvalue weighted by atomic mass is 10.1. The van der Waals surface area contributed by atoms with Crippen molar-refractivity contribution >= 4 is 33.4 Å². The highest BCUT2D eigenvalue weighted by Gasteiger charge is 2.11. The van der Waals surface area contributed by atoms with Crippen molar-refractivity contribution in [2.45, 2.75) is 12.8 Å². The summed E-state index contributed by atoms with van der Waals surface area (Å²) in [6.07, 6.45) is 2.55. The van der Waals surface area contributed by atoms with Crippen LogP contribution in [0.15, 0.2) is 68.3 Å². The molecular weight excluding hydrogens is 400 g/mol.